The number of aryl methyl sites for hydroxylation is 1. The number of aliphatic hydroxyl groups is 1. The topological polar surface area (TPSA) is 49.3 Å². The molecule has 4 heteroatoms. The monoisotopic (exact) mass is 281 g/mol. The van der Waals surface area contributed by atoms with E-state index < -0.39 is 5.54 Å². The van der Waals surface area contributed by atoms with Crippen molar-refractivity contribution in [1.82, 2.24) is 5.32 Å². The van der Waals surface area contributed by atoms with Gasteiger partial charge in [0.05, 0.1) is 17.0 Å². The Bertz CT molecular complexity index is 433. The molecule has 0 radical (unpaired) electrons. The van der Waals surface area contributed by atoms with Crippen LogP contribution in [0.15, 0.2) is 12.1 Å². The third-order valence-corrected chi connectivity index (χ3v) is 5.37. The van der Waals surface area contributed by atoms with Crippen LogP contribution in [-0.4, -0.2) is 23.2 Å². The number of hydrogen-bond donors (Lipinski definition) is 2. The van der Waals surface area contributed by atoms with Gasteiger partial charge in [-0.25, -0.2) is 0 Å². The number of carbonyl (C=O) groups is 1. The lowest BCUT2D eigenvalue weighted by atomic mass is 9.77. The maximum Gasteiger partial charge on any atom is 0.261 e. The molecular weight excluding hydrogens is 258 g/mol. The second kappa shape index (κ2) is 6.06. The summed E-state index contributed by atoms with van der Waals surface area (Å²) in [5.74, 6) is 0.665. The van der Waals surface area contributed by atoms with Gasteiger partial charge in [-0.05, 0) is 50.2 Å². The Morgan fingerprint density at radius 2 is 2.16 bits per heavy atom. The molecular formula is C15H23NO2S. The molecule has 1 aliphatic rings. The molecule has 2 N–H and O–H groups in total. The summed E-state index contributed by atoms with van der Waals surface area (Å²) < 4.78 is 0. The van der Waals surface area contributed by atoms with Crippen LogP contribution >= 0.6 is 11.3 Å². The molecule has 19 heavy (non-hydrogen) atoms. The average molecular weight is 281 g/mol. The first-order valence-corrected chi connectivity index (χ1v) is 7.92. The number of nitrogens with one attached hydrogen (secondary N) is 1. The van der Waals surface area contributed by atoms with Crippen molar-refractivity contribution in [3.05, 3.63) is 21.9 Å². The van der Waals surface area contributed by atoms with Gasteiger partial charge < -0.3 is 10.4 Å². The van der Waals surface area contributed by atoms with Crippen molar-refractivity contribution in [2.24, 2.45) is 5.92 Å². The van der Waals surface area contributed by atoms with Crippen molar-refractivity contribution < 1.29 is 9.90 Å². The van der Waals surface area contributed by atoms with Crippen LogP contribution in [0.3, 0.4) is 0 Å². The average Bonchev–Trinajstić information content (AvgIpc) is 2.91. The van der Waals surface area contributed by atoms with Crippen LogP contribution in [-0.2, 0) is 6.42 Å². The van der Waals surface area contributed by atoms with Gasteiger partial charge in [0, 0.05) is 4.88 Å². The van der Waals surface area contributed by atoms with Gasteiger partial charge in [-0.15, -0.1) is 11.3 Å². The molecule has 1 fully saturated rings. The molecule has 2 rings (SSSR count). The van der Waals surface area contributed by atoms with E-state index in [-0.39, 0.29) is 12.5 Å². The zero-order chi connectivity index (χ0) is 13.9. The van der Waals surface area contributed by atoms with Gasteiger partial charge in [0.25, 0.3) is 5.91 Å². The van der Waals surface area contributed by atoms with Crippen molar-refractivity contribution in [2.45, 2.75) is 51.5 Å². The number of rotatable bonds is 4. The second-order valence-corrected chi connectivity index (χ2v) is 6.86. The van der Waals surface area contributed by atoms with Crippen molar-refractivity contribution in [1.29, 1.82) is 0 Å². The van der Waals surface area contributed by atoms with E-state index in [1.165, 1.54) is 4.88 Å². The van der Waals surface area contributed by atoms with Crippen LogP contribution in [0.25, 0.3) is 0 Å². The molecule has 0 atom stereocenters. The molecule has 1 saturated carbocycles. The van der Waals surface area contributed by atoms with Gasteiger partial charge in [-0.1, -0.05) is 13.8 Å². The van der Waals surface area contributed by atoms with Gasteiger partial charge in [-0.2, -0.15) is 0 Å². The van der Waals surface area contributed by atoms with Crippen LogP contribution < -0.4 is 5.32 Å². The Kier molecular flexibility index (Phi) is 4.63. The number of carbonyl (C=O) groups excluding carboxylic acids is 1. The highest BCUT2D eigenvalue weighted by molar-refractivity contribution is 7.14. The number of amides is 1. The Balaban J connectivity index is 2.03. The smallest absolute Gasteiger partial charge is 0.261 e. The van der Waals surface area contributed by atoms with Gasteiger partial charge in [0.2, 0.25) is 0 Å². The Morgan fingerprint density at radius 1 is 1.47 bits per heavy atom. The lowest BCUT2D eigenvalue weighted by molar-refractivity contribution is 0.0720. The fourth-order valence-corrected chi connectivity index (χ4v) is 3.47. The third kappa shape index (κ3) is 3.37. The molecule has 1 aromatic rings. The van der Waals surface area contributed by atoms with Crippen molar-refractivity contribution in [3.63, 3.8) is 0 Å². The van der Waals surface area contributed by atoms with E-state index in [0.29, 0.717) is 5.92 Å². The summed E-state index contributed by atoms with van der Waals surface area (Å²) in [5, 5.41) is 12.7. The first-order chi connectivity index (χ1) is 9.08. The van der Waals surface area contributed by atoms with Crippen molar-refractivity contribution >= 4 is 17.2 Å². The number of thiophene rings is 1. The summed E-state index contributed by atoms with van der Waals surface area (Å²) in [6.45, 7) is 4.36. The summed E-state index contributed by atoms with van der Waals surface area (Å²) in [5.41, 5.74) is -0.403. The van der Waals surface area contributed by atoms with Gasteiger partial charge in [0.1, 0.15) is 0 Å². The van der Waals surface area contributed by atoms with E-state index in [0.717, 1.165) is 37.0 Å². The van der Waals surface area contributed by atoms with Gasteiger partial charge in [0.15, 0.2) is 0 Å². The van der Waals surface area contributed by atoms with E-state index in [2.05, 4.69) is 19.2 Å². The molecule has 0 saturated heterocycles. The van der Waals surface area contributed by atoms with E-state index in [9.17, 15) is 9.90 Å². The summed E-state index contributed by atoms with van der Waals surface area (Å²) in [6.07, 6.45) is 4.86. The van der Waals surface area contributed by atoms with E-state index in [4.69, 9.17) is 0 Å². The summed E-state index contributed by atoms with van der Waals surface area (Å²) >= 11 is 1.55. The fourth-order valence-electron chi connectivity index (χ4n) is 2.63. The largest absolute Gasteiger partial charge is 0.394 e. The van der Waals surface area contributed by atoms with Crippen LogP contribution in [0.2, 0.25) is 0 Å². The molecule has 1 aliphatic carbocycles. The van der Waals surface area contributed by atoms with E-state index in [1.54, 1.807) is 11.3 Å². The minimum atomic E-state index is -0.403. The zero-order valence-corrected chi connectivity index (χ0v) is 12.6. The quantitative estimate of drug-likeness (QED) is 0.891. The summed E-state index contributed by atoms with van der Waals surface area (Å²) in [6, 6.07) is 3.89. The summed E-state index contributed by atoms with van der Waals surface area (Å²) in [4.78, 5) is 14.3. The minimum absolute atomic E-state index is 0.0340. The molecule has 1 amide bonds. The van der Waals surface area contributed by atoms with Crippen LogP contribution in [0, 0.1) is 5.92 Å². The lowest BCUT2D eigenvalue weighted by Crippen LogP contribution is -2.53. The van der Waals surface area contributed by atoms with Crippen LogP contribution in [0.1, 0.15) is 54.1 Å². The van der Waals surface area contributed by atoms with Crippen LogP contribution in [0.5, 0.6) is 0 Å². The predicted molar refractivity (Wildman–Crippen MR) is 78.6 cm³/mol. The Labute approximate surface area is 119 Å². The summed E-state index contributed by atoms with van der Waals surface area (Å²) in [7, 11) is 0. The Morgan fingerprint density at radius 3 is 2.68 bits per heavy atom. The SMILES string of the molecule is CCc1ccc(C(=O)NC2(CO)CCC(C)CC2)s1. The molecule has 0 aromatic carbocycles. The van der Waals surface area contributed by atoms with E-state index >= 15 is 0 Å². The molecule has 0 spiro atoms. The third-order valence-electron chi connectivity index (χ3n) is 4.15. The zero-order valence-electron chi connectivity index (χ0n) is 11.7. The van der Waals surface area contributed by atoms with E-state index in [1.807, 2.05) is 12.1 Å². The molecule has 1 aromatic heterocycles. The maximum absolute atomic E-state index is 12.3. The molecule has 106 valence electrons. The first kappa shape index (κ1) is 14.5. The lowest BCUT2D eigenvalue weighted by Gasteiger charge is -2.38. The highest BCUT2D eigenvalue weighted by atomic mass is 32.1. The molecule has 0 bridgehead atoms. The van der Waals surface area contributed by atoms with Crippen LogP contribution in [0.4, 0.5) is 0 Å². The fraction of sp³-hybridized carbons (Fsp3) is 0.667. The van der Waals surface area contributed by atoms with Gasteiger partial charge >= 0.3 is 0 Å². The predicted octanol–water partition coefficient (Wildman–Crippen LogP) is 2.98. The Hall–Kier alpha value is -0.870. The molecule has 0 unspecified atom stereocenters. The number of hydrogen-bond acceptors (Lipinski definition) is 3. The normalized spacial score (nSPS) is 27.2. The van der Waals surface area contributed by atoms with Crippen molar-refractivity contribution in [2.75, 3.05) is 6.61 Å². The van der Waals surface area contributed by atoms with Gasteiger partial charge in [-0.3, -0.25) is 4.79 Å². The van der Waals surface area contributed by atoms with Crippen molar-refractivity contribution in [3.8, 4) is 0 Å². The maximum atomic E-state index is 12.3. The molecule has 0 aliphatic heterocycles. The first-order valence-electron chi connectivity index (χ1n) is 7.10. The highest BCUT2D eigenvalue weighted by Crippen LogP contribution is 2.32. The second-order valence-electron chi connectivity index (χ2n) is 5.69. The standard InChI is InChI=1S/C15H23NO2S/c1-3-12-4-5-13(19-12)14(18)16-15(10-17)8-6-11(2)7-9-15/h4-5,11,17H,3,6-10H2,1-2H3,(H,16,18). The number of aliphatic hydroxyl groups excluding tert-OH is 1. The molecule has 3 nitrogen and oxygen atoms in total. The molecule has 1 heterocycles. The minimum Gasteiger partial charge on any atom is -0.394 e. The highest BCUT2D eigenvalue weighted by Gasteiger charge is 2.35.